The van der Waals surface area contributed by atoms with Crippen LogP contribution in [0.1, 0.15) is 34.1 Å². The van der Waals surface area contributed by atoms with Gasteiger partial charge >= 0.3 is 5.97 Å². The third-order valence-corrected chi connectivity index (χ3v) is 2.73. The van der Waals surface area contributed by atoms with E-state index >= 15 is 0 Å². The highest BCUT2D eigenvalue weighted by atomic mass is 79.9. The molecule has 0 aromatic heterocycles. The highest BCUT2D eigenvalue weighted by Crippen LogP contribution is 2.16. The first-order chi connectivity index (χ1) is 8.08. The van der Waals surface area contributed by atoms with E-state index in [1.165, 1.54) is 0 Å². The molecule has 0 N–H and O–H groups in total. The van der Waals surface area contributed by atoms with Crippen LogP contribution in [-0.4, -0.2) is 23.7 Å². The zero-order valence-electron chi connectivity index (χ0n) is 9.40. The molecule has 3 nitrogen and oxygen atoms in total. The van der Waals surface area contributed by atoms with Gasteiger partial charge in [0.05, 0.1) is 12.2 Å². The third kappa shape index (κ3) is 4.16. The molecule has 0 saturated carbocycles. The van der Waals surface area contributed by atoms with Crippen molar-refractivity contribution in [3.8, 4) is 0 Å². The van der Waals surface area contributed by atoms with Crippen molar-refractivity contribution in [1.29, 1.82) is 0 Å². The Morgan fingerprint density at radius 3 is 2.53 bits per heavy atom. The van der Waals surface area contributed by atoms with E-state index < -0.39 is 5.97 Å². The van der Waals surface area contributed by atoms with E-state index in [-0.39, 0.29) is 5.78 Å². The Hall–Kier alpha value is -0.810. The fourth-order valence-electron chi connectivity index (χ4n) is 1.33. The molecule has 1 aromatic carbocycles. The molecule has 0 amide bonds. The Balaban J connectivity index is 3.01. The van der Waals surface area contributed by atoms with Crippen molar-refractivity contribution in [2.75, 3.05) is 11.9 Å². The minimum Gasteiger partial charge on any atom is -0.462 e. The summed E-state index contributed by atoms with van der Waals surface area (Å²) in [6.07, 6.45) is 0.388. The molecule has 0 radical (unpaired) electrons. The lowest BCUT2D eigenvalue weighted by Crippen LogP contribution is -2.07. The molecule has 0 atom stereocenters. The van der Waals surface area contributed by atoms with E-state index in [0.717, 1.165) is 0 Å². The van der Waals surface area contributed by atoms with Crippen LogP contribution in [0, 0.1) is 0 Å². The summed E-state index contributed by atoms with van der Waals surface area (Å²) >= 11 is 7.38. The van der Waals surface area contributed by atoms with Gasteiger partial charge in [-0.05, 0) is 25.1 Å². The fourth-order valence-corrected chi connectivity index (χ4v) is 1.97. The molecule has 1 rings (SSSR count). The fraction of sp³-hybridized carbons (Fsp3) is 0.333. The SMILES string of the molecule is CCOC(=O)c1cc(S)cc(C(=O)CCBr)c1. The maximum absolute atomic E-state index is 11.7. The molecule has 0 aliphatic heterocycles. The van der Waals surface area contributed by atoms with Crippen molar-refractivity contribution in [3.05, 3.63) is 29.3 Å². The molecule has 0 bridgehead atoms. The van der Waals surface area contributed by atoms with Gasteiger partial charge < -0.3 is 4.74 Å². The molecule has 0 heterocycles. The quantitative estimate of drug-likeness (QED) is 0.393. The highest BCUT2D eigenvalue weighted by Gasteiger charge is 2.12. The van der Waals surface area contributed by atoms with Crippen molar-refractivity contribution in [3.63, 3.8) is 0 Å². The predicted molar refractivity (Wildman–Crippen MR) is 72.4 cm³/mol. The van der Waals surface area contributed by atoms with Crippen LogP contribution in [0.3, 0.4) is 0 Å². The van der Waals surface area contributed by atoms with Crippen molar-refractivity contribution < 1.29 is 14.3 Å². The number of Topliss-reactive ketones (excluding diaryl/α,β-unsaturated/α-hetero) is 1. The molecule has 0 aliphatic carbocycles. The van der Waals surface area contributed by atoms with Crippen molar-refractivity contribution in [2.45, 2.75) is 18.2 Å². The molecule has 0 spiro atoms. The van der Waals surface area contributed by atoms with Gasteiger partial charge in [-0.1, -0.05) is 15.9 Å². The van der Waals surface area contributed by atoms with Crippen molar-refractivity contribution in [1.82, 2.24) is 0 Å². The van der Waals surface area contributed by atoms with E-state index in [2.05, 4.69) is 28.6 Å². The zero-order valence-corrected chi connectivity index (χ0v) is 11.9. The summed E-state index contributed by atoms with van der Waals surface area (Å²) in [7, 11) is 0. The van der Waals surface area contributed by atoms with Crippen LogP contribution in [0.5, 0.6) is 0 Å². The number of rotatable bonds is 5. The molecular weight excluding hydrogens is 304 g/mol. The molecule has 92 valence electrons. The molecule has 1 aromatic rings. The van der Waals surface area contributed by atoms with E-state index in [1.807, 2.05) is 0 Å². The maximum atomic E-state index is 11.7. The summed E-state index contributed by atoms with van der Waals surface area (Å²) in [5.41, 5.74) is 0.845. The van der Waals surface area contributed by atoms with Gasteiger partial charge in [0.2, 0.25) is 0 Å². The Morgan fingerprint density at radius 1 is 1.29 bits per heavy atom. The number of ether oxygens (including phenoxy) is 1. The number of hydrogen-bond acceptors (Lipinski definition) is 4. The second-order valence-electron chi connectivity index (χ2n) is 3.35. The number of halogens is 1. The third-order valence-electron chi connectivity index (χ3n) is 2.07. The number of carbonyl (C=O) groups is 2. The lowest BCUT2D eigenvalue weighted by molar-refractivity contribution is 0.0526. The summed E-state index contributed by atoms with van der Waals surface area (Å²) in [5.74, 6) is -0.459. The Labute approximate surface area is 114 Å². The first-order valence-corrected chi connectivity index (χ1v) is 6.75. The average Bonchev–Trinajstić information content (AvgIpc) is 2.29. The molecule has 0 unspecified atom stereocenters. The lowest BCUT2D eigenvalue weighted by atomic mass is 10.1. The van der Waals surface area contributed by atoms with Crippen LogP contribution in [0.4, 0.5) is 0 Å². The number of esters is 1. The summed E-state index contributed by atoms with van der Waals surface area (Å²) in [6.45, 7) is 2.04. The van der Waals surface area contributed by atoms with Gasteiger partial charge in [-0.15, -0.1) is 12.6 Å². The summed E-state index contributed by atoms with van der Waals surface area (Å²) in [5, 5.41) is 0.595. The molecular formula is C12H13BrO3S. The first-order valence-electron chi connectivity index (χ1n) is 5.18. The first kappa shape index (κ1) is 14.3. The van der Waals surface area contributed by atoms with Gasteiger partial charge in [0, 0.05) is 22.2 Å². The van der Waals surface area contributed by atoms with Crippen LogP contribution in [0.15, 0.2) is 23.1 Å². The van der Waals surface area contributed by atoms with E-state index in [4.69, 9.17) is 4.74 Å². The second kappa shape index (κ2) is 6.81. The summed E-state index contributed by atoms with van der Waals surface area (Å²) < 4.78 is 4.88. The Morgan fingerprint density at radius 2 is 1.94 bits per heavy atom. The van der Waals surface area contributed by atoms with E-state index in [1.54, 1.807) is 25.1 Å². The number of thiol groups is 1. The minimum atomic E-state index is -0.434. The maximum Gasteiger partial charge on any atom is 0.338 e. The van der Waals surface area contributed by atoms with Crippen LogP contribution < -0.4 is 0 Å². The normalized spacial score (nSPS) is 10.1. The Bertz CT molecular complexity index is 396. The van der Waals surface area contributed by atoms with Crippen LogP contribution in [0.2, 0.25) is 0 Å². The average molecular weight is 317 g/mol. The zero-order chi connectivity index (χ0) is 12.8. The standard InChI is InChI=1S/C12H13BrO3S/c1-2-16-12(15)9-5-8(6-10(17)7-9)11(14)3-4-13/h5-7,17H,2-4H2,1H3. The number of carbonyl (C=O) groups excluding carboxylic acids is 2. The summed E-state index contributed by atoms with van der Waals surface area (Å²) in [6, 6.07) is 4.78. The molecule has 0 saturated heterocycles. The van der Waals surface area contributed by atoms with Gasteiger partial charge in [-0.3, -0.25) is 4.79 Å². The number of benzene rings is 1. The summed E-state index contributed by atoms with van der Waals surface area (Å²) in [4.78, 5) is 23.8. The molecule has 5 heteroatoms. The topological polar surface area (TPSA) is 43.4 Å². The number of alkyl halides is 1. The predicted octanol–water partition coefficient (Wildman–Crippen LogP) is 3.12. The van der Waals surface area contributed by atoms with Gasteiger partial charge in [-0.25, -0.2) is 4.79 Å². The van der Waals surface area contributed by atoms with Gasteiger partial charge in [0.15, 0.2) is 5.78 Å². The molecule has 0 aliphatic rings. The van der Waals surface area contributed by atoms with E-state index in [0.29, 0.717) is 34.4 Å². The van der Waals surface area contributed by atoms with Gasteiger partial charge in [0.25, 0.3) is 0 Å². The van der Waals surface area contributed by atoms with Gasteiger partial charge in [0.1, 0.15) is 0 Å². The number of ketones is 1. The smallest absolute Gasteiger partial charge is 0.338 e. The van der Waals surface area contributed by atoms with Crippen LogP contribution in [0.25, 0.3) is 0 Å². The van der Waals surface area contributed by atoms with Gasteiger partial charge in [-0.2, -0.15) is 0 Å². The highest BCUT2D eigenvalue weighted by molar-refractivity contribution is 9.09. The van der Waals surface area contributed by atoms with Crippen molar-refractivity contribution in [2.24, 2.45) is 0 Å². The van der Waals surface area contributed by atoms with Crippen LogP contribution in [-0.2, 0) is 4.74 Å². The largest absolute Gasteiger partial charge is 0.462 e. The molecule has 17 heavy (non-hydrogen) atoms. The molecule has 0 fully saturated rings. The number of hydrogen-bond donors (Lipinski definition) is 1. The lowest BCUT2D eigenvalue weighted by Gasteiger charge is -2.05. The van der Waals surface area contributed by atoms with E-state index in [9.17, 15) is 9.59 Å². The van der Waals surface area contributed by atoms with Crippen LogP contribution >= 0.6 is 28.6 Å². The minimum absolute atomic E-state index is 0.0247. The second-order valence-corrected chi connectivity index (χ2v) is 4.66. The van der Waals surface area contributed by atoms with Crippen molar-refractivity contribution >= 4 is 40.3 Å². The monoisotopic (exact) mass is 316 g/mol. The Kier molecular flexibility index (Phi) is 5.71.